The number of nitrogens with one attached hydrogen (secondary N) is 1. The summed E-state index contributed by atoms with van der Waals surface area (Å²) in [6.07, 6.45) is -0.578. The predicted octanol–water partition coefficient (Wildman–Crippen LogP) is 3.24. The lowest BCUT2D eigenvalue weighted by Crippen LogP contribution is -2.33. The first-order valence-electron chi connectivity index (χ1n) is 6.18. The number of hydrogen-bond acceptors (Lipinski definition) is 3. The average molecular weight is 377 g/mol. The predicted molar refractivity (Wildman–Crippen MR) is 83.0 cm³/mol. The quantitative estimate of drug-likeness (QED) is 0.793. The monoisotopic (exact) mass is 377 g/mol. The van der Waals surface area contributed by atoms with E-state index in [1.54, 1.807) is 0 Å². The Kier molecular flexibility index (Phi) is 6.06. The average Bonchev–Trinajstić information content (AvgIpc) is 2.26. The number of carbonyl (C=O) groups is 1. The van der Waals surface area contributed by atoms with Crippen LogP contribution in [0.2, 0.25) is 0 Å². The van der Waals surface area contributed by atoms with Crippen molar-refractivity contribution in [3.8, 4) is 0 Å². The second kappa shape index (κ2) is 7.09. The van der Waals surface area contributed by atoms with Crippen molar-refractivity contribution in [1.29, 1.82) is 0 Å². The highest BCUT2D eigenvalue weighted by atomic mass is 127. The Bertz CT molecular complexity index is 429. The Balaban J connectivity index is 2.35. The van der Waals surface area contributed by atoms with Crippen LogP contribution < -0.4 is 5.32 Å². The fourth-order valence-electron chi connectivity index (χ4n) is 1.51. The number of ether oxygens (including phenoxy) is 1. The van der Waals surface area contributed by atoms with E-state index in [0.29, 0.717) is 13.0 Å². The van der Waals surface area contributed by atoms with Gasteiger partial charge in [-0.2, -0.15) is 0 Å². The molecule has 0 fully saturated rings. The molecule has 1 aromatic carbocycles. The van der Waals surface area contributed by atoms with Gasteiger partial charge in [-0.15, -0.1) is 0 Å². The maximum absolute atomic E-state index is 11.4. The molecule has 1 aromatic rings. The molecule has 4 nitrogen and oxygen atoms in total. The Hall–Kier alpha value is -0.820. The Morgan fingerprint density at radius 3 is 2.74 bits per heavy atom. The van der Waals surface area contributed by atoms with Gasteiger partial charge in [-0.3, -0.25) is 0 Å². The lowest BCUT2D eigenvalue weighted by molar-refractivity contribution is 0.0518. The molecule has 1 unspecified atom stereocenters. The summed E-state index contributed by atoms with van der Waals surface area (Å²) in [5.74, 6) is 0. The third-order valence-corrected chi connectivity index (χ3v) is 2.99. The topological polar surface area (TPSA) is 58.6 Å². The molecule has 19 heavy (non-hydrogen) atoms. The summed E-state index contributed by atoms with van der Waals surface area (Å²) in [4.78, 5) is 11.4. The molecule has 0 radical (unpaired) electrons. The van der Waals surface area contributed by atoms with Gasteiger partial charge < -0.3 is 15.2 Å². The first kappa shape index (κ1) is 16.2. The van der Waals surface area contributed by atoms with E-state index in [2.05, 4.69) is 27.9 Å². The summed E-state index contributed by atoms with van der Waals surface area (Å²) in [5, 5.41) is 12.6. The van der Waals surface area contributed by atoms with Crippen LogP contribution in [-0.2, 0) is 4.74 Å². The minimum atomic E-state index is -0.579. The van der Waals surface area contributed by atoms with E-state index in [1.165, 1.54) is 0 Å². The van der Waals surface area contributed by atoms with Crippen LogP contribution in [0.15, 0.2) is 24.3 Å². The first-order valence-corrected chi connectivity index (χ1v) is 7.26. The molecule has 0 aliphatic rings. The molecule has 0 saturated carbocycles. The molecule has 0 bridgehead atoms. The summed E-state index contributed by atoms with van der Waals surface area (Å²) < 4.78 is 6.19. The lowest BCUT2D eigenvalue weighted by Gasteiger charge is -2.20. The van der Waals surface area contributed by atoms with Gasteiger partial charge in [0.15, 0.2) is 0 Å². The molecule has 1 rings (SSSR count). The van der Waals surface area contributed by atoms with Gasteiger partial charge in [0.1, 0.15) is 5.60 Å². The molecular weight excluding hydrogens is 357 g/mol. The van der Waals surface area contributed by atoms with Gasteiger partial charge in [-0.05, 0) is 67.5 Å². The summed E-state index contributed by atoms with van der Waals surface area (Å²) in [6.45, 7) is 5.82. The van der Waals surface area contributed by atoms with Gasteiger partial charge in [0.05, 0.1) is 6.10 Å². The van der Waals surface area contributed by atoms with Gasteiger partial charge in [0.2, 0.25) is 0 Å². The number of hydrogen-bond donors (Lipinski definition) is 2. The highest BCUT2D eigenvalue weighted by Crippen LogP contribution is 2.18. The summed E-state index contributed by atoms with van der Waals surface area (Å²) in [5.41, 5.74) is 0.357. The van der Waals surface area contributed by atoms with Crippen LogP contribution in [0.4, 0.5) is 4.79 Å². The Morgan fingerprint density at radius 1 is 1.47 bits per heavy atom. The number of alkyl carbamates (subject to hydrolysis) is 1. The smallest absolute Gasteiger partial charge is 0.407 e. The van der Waals surface area contributed by atoms with Crippen molar-refractivity contribution >= 4 is 28.7 Å². The van der Waals surface area contributed by atoms with Crippen LogP contribution in [0.25, 0.3) is 0 Å². The Labute approximate surface area is 127 Å². The molecule has 106 valence electrons. The van der Waals surface area contributed by atoms with Gasteiger partial charge in [-0.25, -0.2) is 4.79 Å². The molecular formula is C14H20INO3. The van der Waals surface area contributed by atoms with E-state index >= 15 is 0 Å². The normalized spacial score (nSPS) is 12.9. The van der Waals surface area contributed by atoms with Crippen molar-refractivity contribution in [2.75, 3.05) is 6.54 Å². The third kappa shape index (κ3) is 6.77. The van der Waals surface area contributed by atoms with Crippen molar-refractivity contribution in [3.63, 3.8) is 0 Å². The summed E-state index contributed by atoms with van der Waals surface area (Å²) >= 11 is 2.20. The van der Waals surface area contributed by atoms with Crippen LogP contribution in [0.5, 0.6) is 0 Å². The molecule has 0 aromatic heterocycles. The first-order chi connectivity index (χ1) is 8.78. The Morgan fingerprint density at radius 2 is 2.16 bits per heavy atom. The highest BCUT2D eigenvalue weighted by Gasteiger charge is 2.16. The van der Waals surface area contributed by atoms with Crippen molar-refractivity contribution in [2.45, 2.75) is 38.9 Å². The standard InChI is InChI=1S/C14H20INO3/c1-14(2,3)19-13(18)16-8-7-12(17)10-5-4-6-11(15)9-10/h4-6,9,12,17H,7-8H2,1-3H3,(H,16,18). The second-order valence-electron chi connectivity index (χ2n) is 5.29. The molecule has 0 spiro atoms. The van der Waals surface area contributed by atoms with Gasteiger partial charge in [0.25, 0.3) is 0 Å². The van der Waals surface area contributed by atoms with Crippen LogP contribution in [0.1, 0.15) is 38.9 Å². The summed E-state index contributed by atoms with van der Waals surface area (Å²) in [6, 6.07) is 7.68. The van der Waals surface area contributed by atoms with Crippen molar-refractivity contribution < 1.29 is 14.6 Å². The largest absolute Gasteiger partial charge is 0.444 e. The van der Waals surface area contributed by atoms with E-state index in [1.807, 2.05) is 45.0 Å². The summed E-state index contributed by atoms with van der Waals surface area (Å²) in [7, 11) is 0. The number of rotatable bonds is 4. The number of aliphatic hydroxyl groups is 1. The fourth-order valence-corrected chi connectivity index (χ4v) is 2.07. The van der Waals surface area contributed by atoms with Crippen LogP contribution >= 0.6 is 22.6 Å². The zero-order valence-electron chi connectivity index (χ0n) is 11.4. The minimum Gasteiger partial charge on any atom is -0.444 e. The molecule has 0 aliphatic carbocycles. The highest BCUT2D eigenvalue weighted by molar-refractivity contribution is 14.1. The number of aliphatic hydroxyl groups excluding tert-OH is 1. The molecule has 0 saturated heterocycles. The maximum atomic E-state index is 11.4. The third-order valence-electron chi connectivity index (χ3n) is 2.32. The number of halogens is 1. The SMILES string of the molecule is CC(C)(C)OC(=O)NCCC(O)c1cccc(I)c1. The number of carbonyl (C=O) groups excluding carboxylic acids is 1. The van der Waals surface area contributed by atoms with Crippen molar-refractivity contribution in [1.82, 2.24) is 5.32 Å². The fraction of sp³-hybridized carbons (Fsp3) is 0.500. The molecule has 0 aliphatic heterocycles. The van der Waals surface area contributed by atoms with E-state index in [9.17, 15) is 9.90 Å². The van der Waals surface area contributed by atoms with Crippen molar-refractivity contribution in [3.05, 3.63) is 33.4 Å². The van der Waals surface area contributed by atoms with Crippen LogP contribution in [-0.4, -0.2) is 23.3 Å². The number of benzene rings is 1. The molecule has 0 heterocycles. The molecule has 1 amide bonds. The van der Waals surface area contributed by atoms with Gasteiger partial charge >= 0.3 is 6.09 Å². The molecule has 5 heteroatoms. The number of amides is 1. The van der Waals surface area contributed by atoms with E-state index in [-0.39, 0.29) is 0 Å². The van der Waals surface area contributed by atoms with E-state index in [4.69, 9.17) is 4.74 Å². The van der Waals surface area contributed by atoms with Crippen molar-refractivity contribution in [2.24, 2.45) is 0 Å². The van der Waals surface area contributed by atoms with Crippen LogP contribution in [0.3, 0.4) is 0 Å². The second-order valence-corrected chi connectivity index (χ2v) is 6.53. The lowest BCUT2D eigenvalue weighted by atomic mass is 10.1. The zero-order valence-corrected chi connectivity index (χ0v) is 13.6. The van der Waals surface area contributed by atoms with Gasteiger partial charge in [0, 0.05) is 10.1 Å². The molecule has 2 N–H and O–H groups in total. The van der Waals surface area contributed by atoms with Gasteiger partial charge in [-0.1, -0.05) is 12.1 Å². The van der Waals surface area contributed by atoms with E-state index < -0.39 is 17.8 Å². The van der Waals surface area contributed by atoms with E-state index in [0.717, 1.165) is 9.13 Å². The molecule has 1 atom stereocenters. The minimum absolute atomic E-state index is 0.377. The van der Waals surface area contributed by atoms with Crippen LogP contribution in [0, 0.1) is 3.57 Å². The maximum Gasteiger partial charge on any atom is 0.407 e. The zero-order chi connectivity index (χ0) is 14.5.